The topological polar surface area (TPSA) is 23.4 Å². The largest absolute Gasteiger partial charge is 0.352 e. The zero-order valence-corrected chi connectivity index (χ0v) is 7.13. The van der Waals surface area contributed by atoms with Gasteiger partial charge in [0.2, 0.25) is 0 Å². The molecule has 0 unspecified atom stereocenters. The Morgan fingerprint density at radius 1 is 1.55 bits per heavy atom. The second kappa shape index (κ2) is 3.55. The van der Waals surface area contributed by atoms with Crippen LogP contribution in [-0.2, 0) is 23.4 Å². The summed E-state index contributed by atoms with van der Waals surface area (Å²) in [4.78, 5) is 9.29. The Morgan fingerprint density at radius 2 is 2.27 bits per heavy atom. The highest BCUT2D eigenvalue weighted by Gasteiger charge is 1.99. The van der Waals surface area contributed by atoms with E-state index in [2.05, 4.69) is 17.9 Å². The number of hydrogen-bond acceptors (Lipinski definition) is 2. The summed E-state index contributed by atoms with van der Waals surface area (Å²) < 4.78 is 2.02. The Balaban J connectivity index is 2.62. The Kier molecular flexibility index (Phi) is 2.68. The third kappa shape index (κ3) is 2.06. The van der Waals surface area contributed by atoms with Gasteiger partial charge in [0.1, 0.15) is 6.61 Å². The molecule has 0 spiro atoms. The lowest BCUT2D eigenvalue weighted by Crippen LogP contribution is -1.97. The maximum Gasteiger partial charge on any atom is 0.122 e. The third-order valence-corrected chi connectivity index (χ3v) is 1.57. The molecular weight excluding hydrogens is 142 g/mol. The van der Waals surface area contributed by atoms with Crippen molar-refractivity contribution >= 4 is 0 Å². The molecule has 3 heteroatoms. The molecule has 1 aromatic rings. The van der Waals surface area contributed by atoms with Crippen molar-refractivity contribution in [3.63, 3.8) is 0 Å². The van der Waals surface area contributed by atoms with Crippen LogP contribution in [0.5, 0.6) is 0 Å². The average Bonchev–Trinajstić information content (AvgIpc) is 2.26. The van der Waals surface area contributed by atoms with Crippen LogP contribution >= 0.6 is 0 Å². The van der Waals surface area contributed by atoms with Gasteiger partial charge in [-0.15, -0.1) is 0 Å². The minimum Gasteiger partial charge on any atom is -0.352 e. The van der Waals surface area contributed by atoms with Crippen LogP contribution in [0, 0.1) is 6.92 Å². The van der Waals surface area contributed by atoms with Crippen LogP contribution in [0.25, 0.3) is 0 Å². The lowest BCUT2D eigenvalue weighted by atomic mass is 10.3. The summed E-state index contributed by atoms with van der Waals surface area (Å²) in [5.41, 5.74) is 2.35. The molecule has 62 valence electrons. The Hall–Kier alpha value is -0.800. The molecule has 0 aliphatic carbocycles. The van der Waals surface area contributed by atoms with Gasteiger partial charge in [0, 0.05) is 18.9 Å². The molecule has 0 amide bonds. The van der Waals surface area contributed by atoms with E-state index in [1.165, 1.54) is 12.7 Å². The highest BCUT2D eigenvalue weighted by Crippen LogP contribution is 2.06. The zero-order valence-electron chi connectivity index (χ0n) is 7.13. The number of rotatable bonds is 3. The van der Waals surface area contributed by atoms with E-state index in [1.54, 1.807) is 0 Å². The molecule has 0 saturated carbocycles. The first-order valence-corrected chi connectivity index (χ1v) is 3.51. The van der Waals surface area contributed by atoms with Crippen molar-refractivity contribution in [3.8, 4) is 0 Å². The summed E-state index contributed by atoms with van der Waals surface area (Å²) in [7, 11) is 3.50. The Morgan fingerprint density at radius 3 is 2.73 bits per heavy atom. The van der Waals surface area contributed by atoms with E-state index >= 15 is 0 Å². The molecule has 0 saturated heterocycles. The molecule has 0 aliphatic heterocycles. The number of nitrogens with zero attached hydrogens (tertiary/aromatic N) is 1. The predicted molar refractivity (Wildman–Crippen MR) is 41.9 cm³/mol. The van der Waals surface area contributed by atoms with Crippen molar-refractivity contribution in [2.75, 3.05) is 7.11 Å². The average molecular weight is 155 g/mol. The number of aromatic nitrogens is 1. The maximum atomic E-state index is 4.79. The van der Waals surface area contributed by atoms with Gasteiger partial charge in [-0.05, 0) is 18.6 Å². The standard InChI is InChI=1S/C8H13NO2/c1-7-4-8(6-11-10-3)9(2)5-7/h4-5H,6H2,1-3H3. The third-order valence-electron chi connectivity index (χ3n) is 1.57. The van der Waals surface area contributed by atoms with Crippen molar-refractivity contribution in [1.29, 1.82) is 0 Å². The van der Waals surface area contributed by atoms with Gasteiger partial charge < -0.3 is 4.57 Å². The van der Waals surface area contributed by atoms with E-state index < -0.39 is 0 Å². The molecule has 1 heterocycles. The second-order valence-corrected chi connectivity index (χ2v) is 2.55. The van der Waals surface area contributed by atoms with Crippen LogP contribution in [-0.4, -0.2) is 11.7 Å². The van der Waals surface area contributed by atoms with E-state index in [-0.39, 0.29) is 0 Å². The second-order valence-electron chi connectivity index (χ2n) is 2.55. The van der Waals surface area contributed by atoms with E-state index in [4.69, 9.17) is 4.89 Å². The molecule has 1 rings (SSSR count). The maximum absolute atomic E-state index is 4.79. The summed E-state index contributed by atoms with van der Waals surface area (Å²) in [6, 6.07) is 2.07. The fourth-order valence-corrected chi connectivity index (χ4v) is 1.05. The van der Waals surface area contributed by atoms with Gasteiger partial charge in [0.25, 0.3) is 0 Å². The molecule has 11 heavy (non-hydrogen) atoms. The summed E-state index contributed by atoms with van der Waals surface area (Å²) >= 11 is 0. The predicted octanol–water partition coefficient (Wildman–Crippen LogP) is 1.41. The van der Waals surface area contributed by atoms with Crippen molar-refractivity contribution in [3.05, 3.63) is 23.5 Å². The quantitative estimate of drug-likeness (QED) is 0.486. The summed E-state index contributed by atoms with van der Waals surface area (Å²) in [6.45, 7) is 2.55. The first-order valence-electron chi connectivity index (χ1n) is 3.51. The van der Waals surface area contributed by atoms with Crippen LogP contribution in [0.1, 0.15) is 11.3 Å². The highest BCUT2D eigenvalue weighted by atomic mass is 17.2. The van der Waals surface area contributed by atoms with Crippen molar-refractivity contribution < 1.29 is 9.78 Å². The monoisotopic (exact) mass is 155 g/mol. The van der Waals surface area contributed by atoms with E-state index in [9.17, 15) is 0 Å². The van der Waals surface area contributed by atoms with Crippen LogP contribution in [0.2, 0.25) is 0 Å². The van der Waals surface area contributed by atoms with Gasteiger partial charge in [0.05, 0.1) is 7.11 Å². The summed E-state index contributed by atoms with van der Waals surface area (Å²) in [5.74, 6) is 0. The summed E-state index contributed by atoms with van der Waals surface area (Å²) in [5, 5.41) is 0. The smallest absolute Gasteiger partial charge is 0.122 e. The van der Waals surface area contributed by atoms with Gasteiger partial charge in [-0.2, -0.15) is 0 Å². The fraction of sp³-hybridized carbons (Fsp3) is 0.500. The molecule has 0 aliphatic rings. The molecule has 3 nitrogen and oxygen atoms in total. The van der Waals surface area contributed by atoms with Crippen molar-refractivity contribution in [1.82, 2.24) is 4.57 Å². The lowest BCUT2D eigenvalue weighted by molar-refractivity contribution is -0.283. The minimum atomic E-state index is 0.501. The molecule has 0 radical (unpaired) electrons. The van der Waals surface area contributed by atoms with Crippen LogP contribution in [0.15, 0.2) is 12.3 Å². The fourth-order valence-electron chi connectivity index (χ4n) is 1.05. The molecule has 0 N–H and O–H groups in total. The molecule has 0 aromatic carbocycles. The number of aryl methyl sites for hydroxylation is 2. The molecule has 1 aromatic heterocycles. The first kappa shape index (κ1) is 8.30. The highest BCUT2D eigenvalue weighted by molar-refractivity contribution is 5.15. The number of hydrogen-bond donors (Lipinski definition) is 0. The van der Waals surface area contributed by atoms with Crippen LogP contribution in [0.4, 0.5) is 0 Å². The van der Waals surface area contributed by atoms with E-state index in [0.29, 0.717) is 6.61 Å². The van der Waals surface area contributed by atoms with Gasteiger partial charge >= 0.3 is 0 Å². The molecule has 0 atom stereocenters. The lowest BCUT2D eigenvalue weighted by Gasteiger charge is -2.00. The minimum absolute atomic E-state index is 0.501. The van der Waals surface area contributed by atoms with Crippen LogP contribution < -0.4 is 0 Å². The van der Waals surface area contributed by atoms with Gasteiger partial charge in [-0.1, -0.05) is 0 Å². The van der Waals surface area contributed by atoms with Crippen molar-refractivity contribution in [2.24, 2.45) is 7.05 Å². The Bertz CT molecular complexity index is 230. The zero-order chi connectivity index (χ0) is 8.27. The van der Waals surface area contributed by atoms with Gasteiger partial charge in [-0.25, -0.2) is 9.78 Å². The SMILES string of the molecule is COOCc1cc(C)cn1C. The van der Waals surface area contributed by atoms with Gasteiger partial charge in [0.15, 0.2) is 0 Å². The molecular formula is C8H13NO2. The van der Waals surface area contributed by atoms with Crippen molar-refractivity contribution in [2.45, 2.75) is 13.5 Å². The van der Waals surface area contributed by atoms with Crippen LogP contribution in [0.3, 0.4) is 0 Å². The first-order chi connectivity index (χ1) is 5.24. The normalized spacial score (nSPS) is 10.5. The molecule has 0 fully saturated rings. The Labute approximate surface area is 66.5 Å². The van der Waals surface area contributed by atoms with Gasteiger partial charge in [-0.3, -0.25) is 0 Å². The van der Waals surface area contributed by atoms with E-state index in [0.717, 1.165) is 5.69 Å². The summed E-state index contributed by atoms with van der Waals surface area (Å²) in [6.07, 6.45) is 2.05. The van der Waals surface area contributed by atoms with E-state index in [1.807, 2.05) is 17.8 Å². The molecule has 0 bridgehead atoms.